The summed E-state index contributed by atoms with van der Waals surface area (Å²) >= 11 is 13.3. The number of carbonyl (C=O) groups is 1. The minimum absolute atomic E-state index is 0.158. The maximum Gasteiger partial charge on any atom is 0.234 e. The largest absolute Gasteiger partial charge is 0.451 e. The summed E-state index contributed by atoms with van der Waals surface area (Å²) in [5.74, 6) is 0.670. The summed E-state index contributed by atoms with van der Waals surface area (Å²) < 4.78 is 5.95. The SMILES string of the molecule is CCc1nc(SCC(=O)Nc2ccc(Cl)cc2Cl)c2oc3ccccc3c2n1. The molecule has 0 saturated carbocycles. The van der Waals surface area contributed by atoms with Crippen molar-refractivity contribution in [2.45, 2.75) is 18.4 Å². The molecule has 2 aromatic heterocycles. The molecule has 0 fully saturated rings. The van der Waals surface area contributed by atoms with Crippen molar-refractivity contribution in [3.8, 4) is 0 Å². The number of para-hydroxylation sites is 1. The topological polar surface area (TPSA) is 68.0 Å². The molecular formula is C20H15Cl2N3O2S. The van der Waals surface area contributed by atoms with Crippen LogP contribution >= 0.6 is 35.0 Å². The molecule has 4 aromatic rings. The van der Waals surface area contributed by atoms with Crippen molar-refractivity contribution in [3.63, 3.8) is 0 Å². The number of aromatic nitrogens is 2. The highest BCUT2D eigenvalue weighted by Crippen LogP contribution is 2.33. The lowest BCUT2D eigenvalue weighted by Gasteiger charge is -2.08. The van der Waals surface area contributed by atoms with Crippen LogP contribution in [-0.2, 0) is 11.2 Å². The van der Waals surface area contributed by atoms with E-state index in [9.17, 15) is 4.79 Å². The highest BCUT2D eigenvalue weighted by atomic mass is 35.5. The number of nitrogens with one attached hydrogen (secondary N) is 1. The molecule has 0 radical (unpaired) electrons. The van der Waals surface area contributed by atoms with E-state index in [0.717, 1.165) is 16.5 Å². The molecule has 4 rings (SSSR count). The van der Waals surface area contributed by atoms with Crippen LogP contribution in [0.1, 0.15) is 12.7 Å². The predicted octanol–water partition coefficient (Wildman–Crippen LogP) is 5.98. The van der Waals surface area contributed by atoms with E-state index in [0.29, 0.717) is 38.6 Å². The third-order valence-electron chi connectivity index (χ3n) is 4.10. The van der Waals surface area contributed by atoms with Crippen LogP contribution < -0.4 is 5.32 Å². The zero-order valence-corrected chi connectivity index (χ0v) is 17.2. The Morgan fingerprint density at radius 2 is 2.00 bits per heavy atom. The number of fused-ring (bicyclic) bond motifs is 3. The lowest BCUT2D eigenvalue weighted by atomic mass is 10.2. The van der Waals surface area contributed by atoms with Crippen molar-refractivity contribution in [2.75, 3.05) is 11.1 Å². The summed E-state index contributed by atoms with van der Waals surface area (Å²) in [6.45, 7) is 1.99. The summed E-state index contributed by atoms with van der Waals surface area (Å²) in [7, 11) is 0. The van der Waals surface area contributed by atoms with Gasteiger partial charge in [-0.1, -0.05) is 54.0 Å². The normalized spacial score (nSPS) is 11.2. The van der Waals surface area contributed by atoms with Gasteiger partial charge < -0.3 is 9.73 Å². The summed E-state index contributed by atoms with van der Waals surface area (Å²) in [4.78, 5) is 21.6. The Balaban J connectivity index is 1.59. The predicted molar refractivity (Wildman–Crippen MR) is 115 cm³/mol. The number of nitrogens with zero attached hydrogens (tertiary/aromatic N) is 2. The van der Waals surface area contributed by atoms with Gasteiger partial charge in [0.1, 0.15) is 22.0 Å². The Hall–Kier alpha value is -2.28. The van der Waals surface area contributed by atoms with Crippen molar-refractivity contribution in [3.05, 3.63) is 58.3 Å². The van der Waals surface area contributed by atoms with Gasteiger partial charge in [-0.25, -0.2) is 9.97 Å². The van der Waals surface area contributed by atoms with Crippen LogP contribution in [0.15, 0.2) is 51.9 Å². The third kappa shape index (κ3) is 3.81. The van der Waals surface area contributed by atoms with Gasteiger partial charge in [0.05, 0.1) is 16.5 Å². The Labute approximate surface area is 175 Å². The van der Waals surface area contributed by atoms with E-state index in [1.54, 1.807) is 18.2 Å². The van der Waals surface area contributed by atoms with Crippen LogP contribution in [0.2, 0.25) is 10.0 Å². The van der Waals surface area contributed by atoms with Gasteiger partial charge in [-0.2, -0.15) is 0 Å². The number of anilines is 1. The summed E-state index contributed by atoms with van der Waals surface area (Å²) in [5, 5.41) is 5.28. The average Bonchev–Trinajstić information content (AvgIpc) is 3.07. The van der Waals surface area contributed by atoms with E-state index < -0.39 is 0 Å². The smallest absolute Gasteiger partial charge is 0.234 e. The molecule has 142 valence electrons. The van der Waals surface area contributed by atoms with Crippen molar-refractivity contribution in [2.24, 2.45) is 0 Å². The number of benzene rings is 2. The lowest BCUT2D eigenvalue weighted by molar-refractivity contribution is -0.113. The number of thioether (sulfide) groups is 1. The zero-order valence-electron chi connectivity index (χ0n) is 14.8. The average molecular weight is 432 g/mol. The van der Waals surface area contributed by atoms with E-state index in [1.807, 2.05) is 31.2 Å². The number of hydrogen-bond donors (Lipinski definition) is 1. The first kappa shape index (κ1) is 19.1. The van der Waals surface area contributed by atoms with Crippen LogP contribution in [0.4, 0.5) is 5.69 Å². The first-order chi connectivity index (χ1) is 13.5. The molecule has 0 aliphatic rings. The molecule has 0 bridgehead atoms. The highest BCUT2D eigenvalue weighted by molar-refractivity contribution is 8.00. The second-order valence-corrected chi connectivity index (χ2v) is 7.84. The van der Waals surface area contributed by atoms with Gasteiger partial charge in [0.2, 0.25) is 5.91 Å². The van der Waals surface area contributed by atoms with E-state index in [2.05, 4.69) is 15.3 Å². The van der Waals surface area contributed by atoms with Gasteiger partial charge in [0.15, 0.2) is 5.58 Å². The molecule has 0 spiro atoms. The number of halogens is 2. The molecule has 1 N–H and O–H groups in total. The van der Waals surface area contributed by atoms with Crippen LogP contribution in [0.3, 0.4) is 0 Å². The number of amides is 1. The minimum Gasteiger partial charge on any atom is -0.451 e. The van der Waals surface area contributed by atoms with Crippen LogP contribution in [0, 0.1) is 0 Å². The first-order valence-electron chi connectivity index (χ1n) is 8.61. The standard InChI is InChI=1S/C20H15Cl2N3O2S/c1-2-16-24-18-12-5-3-4-6-15(12)27-19(18)20(25-16)28-10-17(26)23-14-8-7-11(21)9-13(14)22/h3-9H,2,10H2,1H3,(H,23,26). The first-order valence-corrected chi connectivity index (χ1v) is 10.3. The summed E-state index contributed by atoms with van der Waals surface area (Å²) in [5.41, 5.74) is 2.63. The van der Waals surface area contributed by atoms with Crippen molar-refractivity contribution in [1.29, 1.82) is 0 Å². The Bertz CT molecular complexity index is 1190. The highest BCUT2D eigenvalue weighted by Gasteiger charge is 2.17. The number of carbonyl (C=O) groups excluding carboxylic acids is 1. The maximum absolute atomic E-state index is 12.4. The fraction of sp³-hybridized carbons (Fsp3) is 0.150. The Morgan fingerprint density at radius 3 is 2.79 bits per heavy atom. The minimum atomic E-state index is -0.199. The van der Waals surface area contributed by atoms with E-state index in [4.69, 9.17) is 27.6 Å². The third-order valence-corrected chi connectivity index (χ3v) is 5.60. The number of hydrogen-bond acceptors (Lipinski definition) is 5. The van der Waals surface area contributed by atoms with E-state index in [-0.39, 0.29) is 11.7 Å². The molecule has 0 unspecified atom stereocenters. The van der Waals surface area contributed by atoms with Crippen LogP contribution in [0.25, 0.3) is 22.1 Å². The van der Waals surface area contributed by atoms with Crippen LogP contribution in [0.5, 0.6) is 0 Å². The molecule has 1 amide bonds. The molecule has 28 heavy (non-hydrogen) atoms. The molecule has 0 aliphatic carbocycles. The summed E-state index contributed by atoms with van der Waals surface area (Å²) in [6.07, 6.45) is 0.690. The van der Waals surface area contributed by atoms with Gasteiger partial charge in [0.25, 0.3) is 0 Å². The number of rotatable bonds is 5. The molecule has 8 heteroatoms. The summed E-state index contributed by atoms with van der Waals surface area (Å²) in [6, 6.07) is 12.7. The van der Waals surface area contributed by atoms with Gasteiger partial charge in [-0.05, 0) is 30.3 Å². The maximum atomic E-state index is 12.4. The molecule has 2 heterocycles. The monoisotopic (exact) mass is 431 g/mol. The number of aryl methyl sites for hydroxylation is 1. The van der Waals surface area contributed by atoms with Crippen molar-refractivity contribution in [1.82, 2.24) is 9.97 Å². The molecule has 0 aliphatic heterocycles. The van der Waals surface area contributed by atoms with Gasteiger partial charge in [-0.15, -0.1) is 0 Å². The molecular weight excluding hydrogens is 417 g/mol. The Morgan fingerprint density at radius 1 is 1.18 bits per heavy atom. The fourth-order valence-corrected chi connectivity index (χ4v) is 4.01. The van der Waals surface area contributed by atoms with Crippen molar-refractivity contribution >= 4 is 68.6 Å². The fourth-order valence-electron chi connectivity index (χ4n) is 2.78. The zero-order chi connectivity index (χ0) is 19.7. The van der Waals surface area contributed by atoms with Crippen LogP contribution in [-0.4, -0.2) is 21.6 Å². The second-order valence-electron chi connectivity index (χ2n) is 6.04. The van der Waals surface area contributed by atoms with Gasteiger partial charge in [0, 0.05) is 16.8 Å². The molecule has 0 saturated heterocycles. The van der Waals surface area contributed by atoms with Gasteiger partial charge >= 0.3 is 0 Å². The lowest BCUT2D eigenvalue weighted by Crippen LogP contribution is -2.14. The quantitative estimate of drug-likeness (QED) is 0.311. The second kappa shape index (κ2) is 7.99. The van der Waals surface area contributed by atoms with E-state index in [1.165, 1.54) is 11.8 Å². The Kier molecular flexibility index (Phi) is 5.44. The molecule has 0 atom stereocenters. The number of furan rings is 1. The van der Waals surface area contributed by atoms with Gasteiger partial charge in [-0.3, -0.25) is 4.79 Å². The molecule has 5 nitrogen and oxygen atoms in total. The van der Waals surface area contributed by atoms with Crippen molar-refractivity contribution < 1.29 is 9.21 Å². The molecule has 2 aromatic carbocycles. The van der Waals surface area contributed by atoms with E-state index >= 15 is 0 Å².